The number of aliphatic hydroxyl groups is 1. The van der Waals surface area contributed by atoms with Crippen LogP contribution in [0.2, 0.25) is 10.0 Å². The van der Waals surface area contributed by atoms with Gasteiger partial charge in [0.2, 0.25) is 0 Å². The van der Waals surface area contributed by atoms with Gasteiger partial charge in [0.25, 0.3) is 5.91 Å². The first kappa shape index (κ1) is 18.3. The number of carbonyl (C=O) groups excluding carboxylic acids is 2. The maximum Gasteiger partial charge on any atom is 0.338 e. The van der Waals surface area contributed by atoms with Crippen molar-refractivity contribution in [3.8, 4) is 0 Å². The Morgan fingerprint density at radius 1 is 1.17 bits per heavy atom. The molecule has 1 amide bonds. The molecule has 0 fully saturated rings. The van der Waals surface area contributed by atoms with Crippen molar-refractivity contribution < 1.29 is 19.4 Å². The van der Waals surface area contributed by atoms with E-state index in [0.29, 0.717) is 16.3 Å². The van der Waals surface area contributed by atoms with Crippen molar-refractivity contribution in [2.24, 2.45) is 0 Å². The zero-order chi connectivity index (χ0) is 17.7. The normalized spacial score (nSPS) is 11.7. The Morgan fingerprint density at radius 3 is 2.42 bits per heavy atom. The van der Waals surface area contributed by atoms with E-state index in [-0.39, 0.29) is 17.2 Å². The third-order valence-corrected chi connectivity index (χ3v) is 3.76. The molecule has 7 heteroatoms. The molecular formula is C17H15Cl2NO4. The van der Waals surface area contributed by atoms with Crippen molar-refractivity contribution in [3.05, 3.63) is 63.6 Å². The Morgan fingerprint density at radius 2 is 1.83 bits per heavy atom. The molecule has 0 aromatic heterocycles. The fourth-order valence-electron chi connectivity index (χ4n) is 1.85. The standard InChI is InChI=1S/C17H15Cl2NO4/c1-10(16(22)20-15-7-6-13(18)8-14(15)19)24-17(23)12-4-2-11(9-21)3-5-12/h2-8,10,21H,9H2,1H3,(H,20,22)/t10-/m1/s1. The lowest BCUT2D eigenvalue weighted by atomic mass is 10.1. The quantitative estimate of drug-likeness (QED) is 0.790. The van der Waals surface area contributed by atoms with Crippen LogP contribution in [0.3, 0.4) is 0 Å². The molecule has 2 aromatic carbocycles. The van der Waals surface area contributed by atoms with Crippen molar-refractivity contribution in [3.63, 3.8) is 0 Å². The summed E-state index contributed by atoms with van der Waals surface area (Å²) in [5, 5.41) is 12.3. The highest BCUT2D eigenvalue weighted by molar-refractivity contribution is 6.36. The largest absolute Gasteiger partial charge is 0.449 e. The van der Waals surface area contributed by atoms with E-state index in [2.05, 4.69) is 5.32 Å². The Kier molecular flexibility index (Phi) is 6.20. The van der Waals surface area contributed by atoms with Crippen LogP contribution in [0.15, 0.2) is 42.5 Å². The molecule has 0 saturated heterocycles. The molecule has 0 radical (unpaired) electrons. The van der Waals surface area contributed by atoms with Crippen LogP contribution >= 0.6 is 23.2 Å². The molecule has 0 aliphatic rings. The molecule has 0 aliphatic heterocycles. The average Bonchev–Trinajstić information content (AvgIpc) is 2.57. The highest BCUT2D eigenvalue weighted by Crippen LogP contribution is 2.25. The summed E-state index contributed by atoms with van der Waals surface area (Å²) in [5.74, 6) is -1.15. The summed E-state index contributed by atoms with van der Waals surface area (Å²) in [6, 6.07) is 10.9. The SMILES string of the molecule is C[C@@H](OC(=O)c1ccc(CO)cc1)C(=O)Nc1ccc(Cl)cc1Cl. The molecule has 2 rings (SSSR count). The predicted octanol–water partition coefficient (Wildman–Crippen LogP) is 3.67. The number of amides is 1. The van der Waals surface area contributed by atoms with Gasteiger partial charge in [-0.15, -0.1) is 0 Å². The van der Waals surface area contributed by atoms with Gasteiger partial charge in [-0.2, -0.15) is 0 Å². The summed E-state index contributed by atoms with van der Waals surface area (Å²) in [6.45, 7) is 1.34. The third kappa shape index (κ3) is 4.71. The second kappa shape index (κ2) is 8.15. The number of anilines is 1. The van der Waals surface area contributed by atoms with Crippen LogP contribution in [0, 0.1) is 0 Å². The second-order valence-corrected chi connectivity index (χ2v) is 5.86. The number of rotatable bonds is 5. The van der Waals surface area contributed by atoms with Crippen molar-refractivity contribution in [2.45, 2.75) is 19.6 Å². The molecule has 126 valence electrons. The Hall–Kier alpha value is -2.08. The number of benzene rings is 2. The summed E-state index contributed by atoms with van der Waals surface area (Å²) < 4.78 is 5.12. The maximum atomic E-state index is 12.1. The van der Waals surface area contributed by atoms with E-state index in [9.17, 15) is 9.59 Å². The van der Waals surface area contributed by atoms with E-state index in [4.69, 9.17) is 33.0 Å². The van der Waals surface area contributed by atoms with Gasteiger partial charge >= 0.3 is 5.97 Å². The molecule has 0 saturated carbocycles. The zero-order valence-electron chi connectivity index (χ0n) is 12.8. The lowest BCUT2D eigenvalue weighted by Crippen LogP contribution is -2.30. The Labute approximate surface area is 149 Å². The summed E-state index contributed by atoms with van der Waals surface area (Å²) in [6.07, 6.45) is -1.01. The van der Waals surface area contributed by atoms with Crippen LogP contribution in [-0.4, -0.2) is 23.1 Å². The number of hydrogen-bond donors (Lipinski definition) is 2. The minimum Gasteiger partial charge on any atom is -0.449 e. The first-order valence-corrected chi connectivity index (χ1v) is 7.83. The molecule has 24 heavy (non-hydrogen) atoms. The first-order valence-electron chi connectivity index (χ1n) is 7.07. The summed E-state index contributed by atoms with van der Waals surface area (Å²) in [4.78, 5) is 24.1. The summed E-state index contributed by atoms with van der Waals surface area (Å²) >= 11 is 11.8. The molecule has 0 unspecified atom stereocenters. The maximum absolute atomic E-state index is 12.1. The summed E-state index contributed by atoms with van der Waals surface area (Å²) in [7, 11) is 0. The van der Waals surface area contributed by atoms with Crippen LogP contribution in [0.1, 0.15) is 22.8 Å². The smallest absolute Gasteiger partial charge is 0.338 e. The molecule has 2 aromatic rings. The fraction of sp³-hybridized carbons (Fsp3) is 0.176. The van der Waals surface area contributed by atoms with Crippen LogP contribution < -0.4 is 5.32 Å². The lowest BCUT2D eigenvalue weighted by molar-refractivity contribution is -0.123. The van der Waals surface area contributed by atoms with E-state index >= 15 is 0 Å². The highest BCUT2D eigenvalue weighted by Gasteiger charge is 2.19. The highest BCUT2D eigenvalue weighted by atomic mass is 35.5. The molecule has 2 N–H and O–H groups in total. The second-order valence-electron chi connectivity index (χ2n) is 5.02. The Bertz CT molecular complexity index is 747. The predicted molar refractivity (Wildman–Crippen MR) is 92.3 cm³/mol. The van der Waals surface area contributed by atoms with Gasteiger partial charge in [0.15, 0.2) is 6.10 Å². The number of ether oxygens (including phenoxy) is 1. The number of hydrogen-bond acceptors (Lipinski definition) is 4. The van der Waals surface area contributed by atoms with E-state index in [1.54, 1.807) is 24.3 Å². The van der Waals surface area contributed by atoms with E-state index in [0.717, 1.165) is 0 Å². The monoisotopic (exact) mass is 367 g/mol. The minimum absolute atomic E-state index is 0.115. The van der Waals surface area contributed by atoms with E-state index in [1.807, 2.05) is 0 Å². The van der Waals surface area contributed by atoms with Crippen molar-refractivity contribution >= 4 is 40.8 Å². The van der Waals surface area contributed by atoms with Gasteiger partial charge < -0.3 is 15.2 Å². The Balaban J connectivity index is 1.98. The van der Waals surface area contributed by atoms with E-state index < -0.39 is 18.0 Å². The van der Waals surface area contributed by atoms with Crippen LogP contribution in [0.25, 0.3) is 0 Å². The zero-order valence-corrected chi connectivity index (χ0v) is 14.3. The van der Waals surface area contributed by atoms with Crippen molar-refractivity contribution in [1.82, 2.24) is 0 Å². The van der Waals surface area contributed by atoms with Crippen molar-refractivity contribution in [1.29, 1.82) is 0 Å². The number of aliphatic hydroxyl groups excluding tert-OH is 1. The minimum atomic E-state index is -1.01. The molecule has 1 atom stereocenters. The first-order chi connectivity index (χ1) is 11.4. The third-order valence-electron chi connectivity index (χ3n) is 3.21. The van der Waals surface area contributed by atoms with Gasteiger partial charge in [0.1, 0.15) is 0 Å². The number of nitrogens with one attached hydrogen (secondary N) is 1. The van der Waals surface area contributed by atoms with Gasteiger partial charge in [-0.05, 0) is 42.8 Å². The molecule has 0 aliphatic carbocycles. The fourth-order valence-corrected chi connectivity index (χ4v) is 2.31. The molecule has 0 spiro atoms. The lowest BCUT2D eigenvalue weighted by Gasteiger charge is -2.14. The topological polar surface area (TPSA) is 75.6 Å². The number of esters is 1. The number of carbonyl (C=O) groups is 2. The summed E-state index contributed by atoms with van der Waals surface area (Å²) in [5.41, 5.74) is 1.34. The molecule has 0 bridgehead atoms. The van der Waals surface area contributed by atoms with Crippen LogP contribution in [0.4, 0.5) is 5.69 Å². The van der Waals surface area contributed by atoms with Crippen molar-refractivity contribution in [2.75, 3.05) is 5.32 Å². The van der Waals surface area contributed by atoms with Crippen LogP contribution in [-0.2, 0) is 16.1 Å². The molecular weight excluding hydrogens is 353 g/mol. The molecule has 5 nitrogen and oxygen atoms in total. The van der Waals surface area contributed by atoms with Gasteiger partial charge in [0, 0.05) is 5.02 Å². The van der Waals surface area contributed by atoms with Gasteiger partial charge in [0.05, 0.1) is 22.9 Å². The van der Waals surface area contributed by atoms with Crippen LogP contribution in [0.5, 0.6) is 0 Å². The van der Waals surface area contributed by atoms with Gasteiger partial charge in [-0.3, -0.25) is 4.79 Å². The molecule has 0 heterocycles. The average molecular weight is 368 g/mol. The van der Waals surface area contributed by atoms with E-state index in [1.165, 1.54) is 25.1 Å². The van der Waals surface area contributed by atoms with Gasteiger partial charge in [-0.1, -0.05) is 35.3 Å². The van der Waals surface area contributed by atoms with Gasteiger partial charge in [-0.25, -0.2) is 4.79 Å². The number of halogens is 2.